The zero-order chi connectivity index (χ0) is 16.1. The summed E-state index contributed by atoms with van der Waals surface area (Å²) in [7, 11) is 0. The highest BCUT2D eigenvalue weighted by Gasteiger charge is 2.56. The van der Waals surface area contributed by atoms with E-state index in [0.29, 0.717) is 25.9 Å². The predicted octanol–water partition coefficient (Wildman–Crippen LogP) is 1.19. The number of nitrogens with zero attached hydrogens (tertiary/aromatic N) is 2. The van der Waals surface area contributed by atoms with Crippen molar-refractivity contribution in [3.05, 3.63) is 60.2 Å². The SMILES string of the molecule is O=C(NCc1ccncc1)C1(C(=O)NCc2cccnc2)CC1. The number of hydrogen-bond acceptors (Lipinski definition) is 4. The van der Waals surface area contributed by atoms with Crippen molar-refractivity contribution in [1.29, 1.82) is 0 Å². The van der Waals surface area contributed by atoms with Gasteiger partial charge in [0.1, 0.15) is 5.41 Å². The van der Waals surface area contributed by atoms with Gasteiger partial charge in [0.05, 0.1) is 0 Å². The second-order valence-corrected chi connectivity index (χ2v) is 5.66. The molecule has 0 spiro atoms. The molecule has 0 saturated heterocycles. The first kappa shape index (κ1) is 15.1. The first-order valence-corrected chi connectivity index (χ1v) is 7.55. The summed E-state index contributed by atoms with van der Waals surface area (Å²) in [6.45, 7) is 0.783. The lowest BCUT2D eigenvalue weighted by Crippen LogP contribution is -2.42. The van der Waals surface area contributed by atoms with Crippen LogP contribution < -0.4 is 10.6 Å². The van der Waals surface area contributed by atoms with Gasteiger partial charge in [-0.05, 0) is 42.2 Å². The van der Waals surface area contributed by atoms with Crippen molar-refractivity contribution < 1.29 is 9.59 Å². The Labute approximate surface area is 134 Å². The summed E-state index contributed by atoms with van der Waals surface area (Å²) in [6.07, 6.45) is 7.91. The average molecular weight is 310 g/mol. The zero-order valence-corrected chi connectivity index (χ0v) is 12.7. The molecule has 0 radical (unpaired) electrons. The maximum Gasteiger partial charge on any atom is 0.235 e. The van der Waals surface area contributed by atoms with Gasteiger partial charge >= 0.3 is 0 Å². The van der Waals surface area contributed by atoms with E-state index in [1.54, 1.807) is 24.8 Å². The van der Waals surface area contributed by atoms with E-state index in [1.807, 2.05) is 24.3 Å². The third kappa shape index (κ3) is 3.53. The van der Waals surface area contributed by atoms with E-state index in [-0.39, 0.29) is 11.8 Å². The Morgan fingerprint density at radius 3 is 2.13 bits per heavy atom. The van der Waals surface area contributed by atoms with Crippen LogP contribution in [0.2, 0.25) is 0 Å². The number of nitrogens with one attached hydrogen (secondary N) is 2. The molecule has 0 atom stereocenters. The average Bonchev–Trinajstić information content (AvgIpc) is 3.41. The van der Waals surface area contributed by atoms with Crippen LogP contribution in [0.3, 0.4) is 0 Å². The van der Waals surface area contributed by atoms with Gasteiger partial charge < -0.3 is 10.6 Å². The van der Waals surface area contributed by atoms with Crippen LogP contribution in [-0.4, -0.2) is 21.8 Å². The van der Waals surface area contributed by atoms with Crippen molar-refractivity contribution in [2.45, 2.75) is 25.9 Å². The van der Waals surface area contributed by atoms with Crippen LogP contribution in [0.1, 0.15) is 24.0 Å². The van der Waals surface area contributed by atoms with Crippen molar-refractivity contribution in [2.75, 3.05) is 0 Å². The highest BCUT2D eigenvalue weighted by Crippen LogP contribution is 2.46. The molecule has 118 valence electrons. The van der Waals surface area contributed by atoms with Crippen molar-refractivity contribution in [2.24, 2.45) is 5.41 Å². The molecule has 0 unspecified atom stereocenters. The van der Waals surface area contributed by atoms with E-state index in [4.69, 9.17) is 0 Å². The van der Waals surface area contributed by atoms with Crippen molar-refractivity contribution in [3.63, 3.8) is 0 Å². The van der Waals surface area contributed by atoms with Crippen LogP contribution in [0.4, 0.5) is 0 Å². The molecule has 1 aliphatic carbocycles. The summed E-state index contributed by atoms with van der Waals surface area (Å²) >= 11 is 0. The second-order valence-electron chi connectivity index (χ2n) is 5.66. The Balaban J connectivity index is 1.53. The highest BCUT2D eigenvalue weighted by molar-refractivity contribution is 6.07. The van der Waals surface area contributed by atoms with Gasteiger partial charge in [-0.1, -0.05) is 6.07 Å². The van der Waals surface area contributed by atoms with Gasteiger partial charge in [0.25, 0.3) is 0 Å². The topological polar surface area (TPSA) is 84.0 Å². The lowest BCUT2D eigenvalue weighted by atomic mass is 10.0. The van der Waals surface area contributed by atoms with Crippen molar-refractivity contribution in [3.8, 4) is 0 Å². The molecule has 6 heteroatoms. The number of pyridine rings is 2. The fourth-order valence-corrected chi connectivity index (χ4v) is 2.39. The molecule has 3 rings (SSSR count). The van der Waals surface area contributed by atoms with Gasteiger partial charge in [0, 0.05) is 37.9 Å². The van der Waals surface area contributed by atoms with E-state index in [0.717, 1.165) is 11.1 Å². The van der Waals surface area contributed by atoms with Crippen LogP contribution in [0.5, 0.6) is 0 Å². The lowest BCUT2D eigenvalue weighted by molar-refractivity contribution is -0.137. The maximum atomic E-state index is 12.4. The normalized spacial score (nSPS) is 14.8. The molecule has 0 bridgehead atoms. The van der Waals surface area contributed by atoms with Gasteiger partial charge in [-0.15, -0.1) is 0 Å². The van der Waals surface area contributed by atoms with Crippen molar-refractivity contribution >= 4 is 11.8 Å². The minimum absolute atomic E-state index is 0.210. The molecule has 2 N–H and O–H groups in total. The number of aromatic nitrogens is 2. The first-order chi connectivity index (χ1) is 11.2. The van der Waals surface area contributed by atoms with Crippen molar-refractivity contribution in [1.82, 2.24) is 20.6 Å². The monoisotopic (exact) mass is 310 g/mol. The van der Waals surface area contributed by atoms with Gasteiger partial charge in [0.15, 0.2) is 0 Å². The summed E-state index contributed by atoms with van der Waals surface area (Å²) in [5.41, 5.74) is 0.962. The molecule has 2 aromatic heterocycles. The van der Waals surface area contributed by atoms with Crippen LogP contribution in [-0.2, 0) is 22.7 Å². The third-order valence-electron chi connectivity index (χ3n) is 4.00. The molecule has 1 fully saturated rings. The first-order valence-electron chi connectivity index (χ1n) is 7.55. The highest BCUT2D eigenvalue weighted by atomic mass is 16.2. The molecule has 0 aromatic carbocycles. The standard InChI is InChI=1S/C17H18N4O2/c22-15(20-11-13-3-8-18-9-4-13)17(5-6-17)16(23)21-12-14-2-1-7-19-10-14/h1-4,7-10H,5-6,11-12H2,(H,20,22)(H,21,23). The van der Waals surface area contributed by atoms with Gasteiger partial charge in [-0.2, -0.15) is 0 Å². The Kier molecular flexibility index (Phi) is 4.32. The molecular formula is C17H18N4O2. The largest absolute Gasteiger partial charge is 0.351 e. The van der Waals surface area contributed by atoms with E-state index in [2.05, 4.69) is 20.6 Å². The lowest BCUT2D eigenvalue weighted by Gasteiger charge is -2.15. The van der Waals surface area contributed by atoms with Gasteiger partial charge in [-0.25, -0.2) is 0 Å². The number of amides is 2. The third-order valence-corrected chi connectivity index (χ3v) is 4.00. The summed E-state index contributed by atoms with van der Waals surface area (Å²) in [6, 6.07) is 7.37. The molecule has 0 aliphatic heterocycles. The van der Waals surface area contributed by atoms with E-state index >= 15 is 0 Å². The van der Waals surface area contributed by atoms with Crippen LogP contribution >= 0.6 is 0 Å². The molecule has 2 amide bonds. The molecule has 2 heterocycles. The quantitative estimate of drug-likeness (QED) is 0.785. The van der Waals surface area contributed by atoms with Crippen LogP contribution in [0, 0.1) is 5.41 Å². The van der Waals surface area contributed by atoms with E-state index in [1.165, 1.54) is 0 Å². The van der Waals surface area contributed by atoms with Crippen LogP contribution in [0.15, 0.2) is 49.1 Å². The van der Waals surface area contributed by atoms with E-state index in [9.17, 15) is 9.59 Å². The number of carbonyl (C=O) groups excluding carboxylic acids is 2. The van der Waals surface area contributed by atoms with Crippen LogP contribution in [0.25, 0.3) is 0 Å². The smallest absolute Gasteiger partial charge is 0.235 e. The summed E-state index contributed by atoms with van der Waals surface area (Å²) < 4.78 is 0. The van der Waals surface area contributed by atoms with Gasteiger partial charge in [0.2, 0.25) is 11.8 Å². The Bertz CT molecular complexity index is 627. The predicted molar refractivity (Wildman–Crippen MR) is 83.8 cm³/mol. The molecule has 2 aromatic rings. The minimum atomic E-state index is -0.908. The Morgan fingerprint density at radius 1 is 0.913 bits per heavy atom. The molecule has 1 saturated carbocycles. The maximum absolute atomic E-state index is 12.4. The molecular weight excluding hydrogens is 292 g/mol. The Hall–Kier alpha value is -2.76. The number of carbonyl (C=O) groups is 2. The zero-order valence-electron chi connectivity index (χ0n) is 12.7. The van der Waals surface area contributed by atoms with Gasteiger partial charge in [-0.3, -0.25) is 19.6 Å². The summed E-state index contributed by atoms with van der Waals surface area (Å²) in [4.78, 5) is 32.6. The molecule has 6 nitrogen and oxygen atoms in total. The minimum Gasteiger partial charge on any atom is -0.351 e. The fraction of sp³-hybridized carbons (Fsp3) is 0.294. The fourth-order valence-electron chi connectivity index (χ4n) is 2.39. The Morgan fingerprint density at radius 2 is 1.57 bits per heavy atom. The number of hydrogen-bond donors (Lipinski definition) is 2. The second kappa shape index (κ2) is 6.56. The molecule has 1 aliphatic rings. The number of rotatable bonds is 6. The summed E-state index contributed by atoms with van der Waals surface area (Å²) in [5, 5.41) is 5.67. The van der Waals surface area contributed by atoms with E-state index < -0.39 is 5.41 Å². The summed E-state index contributed by atoms with van der Waals surface area (Å²) in [5.74, 6) is -0.424. The molecule has 23 heavy (non-hydrogen) atoms.